The molecule has 5 nitrogen and oxygen atoms in total. The van der Waals surface area contributed by atoms with Crippen LogP contribution in [0.5, 0.6) is 5.75 Å². The van der Waals surface area contributed by atoms with Crippen molar-refractivity contribution in [2.24, 2.45) is 0 Å². The van der Waals surface area contributed by atoms with Gasteiger partial charge < -0.3 is 15.2 Å². The van der Waals surface area contributed by atoms with E-state index in [1.54, 1.807) is 38.1 Å². The molecule has 0 saturated heterocycles. The second-order valence-corrected chi connectivity index (χ2v) is 5.89. The van der Waals surface area contributed by atoms with E-state index < -0.39 is 16.5 Å². The Labute approximate surface area is 122 Å². The fraction of sp³-hybridized carbons (Fsp3) is 0.429. The molecule has 0 aliphatic carbocycles. The first-order valence-corrected chi connectivity index (χ1v) is 7.30. The van der Waals surface area contributed by atoms with Gasteiger partial charge in [-0.1, -0.05) is 0 Å². The van der Waals surface area contributed by atoms with Gasteiger partial charge in [-0.15, -0.1) is 11.8 Å². The smallest absolute Gasteiger partial charge is 0.316 e. The van der Waals surface area contributed by atoms with Crippen molar-refractivity contribution in [3.05, 3.63) is 24.3 Å². The number of benzene rings is 1. The van der Waals surface area contributed by atoms with Crippen LogP contribution < -0.4 is 10.1 Å². The second-order valence-electron chi connectivity index (χ2n) is 4.21. The Bertz CT molecular complexity index is 461. The molecule has 2 unspecified atom stereocenters. The van der Waals surface area contributed by atoms with Gasteiger partial charge in [0.1, 0.15) is 11.0 Å². The molecule has 0 spiro atoms. The summed E-state index contributed by atoms with van der Waals surface area (Å²) in [5.74, 6) is -0.393. The van der Waals surface area contributed by atoms with Crippen molar-refractivity contribution in [3.63, 3.8) is 0 Å². The molecule has 110 valence electrons. The highest BCUT2D eigenvalue weighted by Gasteiger charge is 2.20. The van der Waals surface area contributed by atoms with Crippen LogP contribution in [0.1, 0.15) is 20.8 Å². The lowest BCUT2D eigenvalue weighted by atomic mass is 10.3. The average molecular weight is 297 g/mol. The maximum absolute atomic E-state index is 11.9. The van der Waals surface area contributed by atoms with E-state index in [9.17, 15) is 9.59 Å². The summed E-state index contributed by atoms with van der Waals surface area (Å²) in [6.45, 7) is 5.74. The Morgan fingerprint density at radius 3 is 2.35 bits per heavy atom. The molecule has 0 radical (unpaired) electrons. The highest BCUT2D eigenvalue weighted by atomic mass is 32.2. The van der Waals surface area contributed by atoms with Gasteiger partial charge in [0.05, 0.1) is 11.9 Å². The van der Waals surface area contributed by atoms with E-state index >= 15 is 0 Å². The number of carboxylic acid groups (broad SMARTS) is 1. The molecular formula is C14H19NO4S. The number of hydrogen-bond donors (Lipinski definition) is 2. The van der Waals surface area contributed by atoms with E-state index in [4.69, 9.17) is 9.84 Å². The predicted octanol–water partition coefficient (Wildman–Crippen LogP) is 2.62. The molecule has 1 rings (SSSR count). The Hall–Kier alpha value is -1.69. The van der Waals surface area contributed by atoms with Gasteiger partial charge in [-0.3, -0.25) is 9.59 Å². The molecule has 6 heteroatoms. The van der Waals surface area contributed by atoms with Crippen molar-refractivity contribution in [2.75, 3.05) is 11.9 Å². The summed E-state index contributed by atoms with van der Waals surface area (Å²) in [4.78, 5) is 22.7. The summed E-state index contributed by atoms with van der Waals surface area (Å²) in [5, 5.41) is 10.5. The number of ether oxygens (including phenoxy) is 1. The molecule has 0 aliphatic heterocycles. The summed E-state index contributed by atoms with van der Waals surface area (Å²) in [5.41, 5.74) is 0.661. The Morgan fingerprint density at radius 1 is 1.25 bits per heavy atom. The van der Waals surface area contributed by atoms with Crippen molar-refractivity contribution in [2.45, 2.75) is 31.3 Å². The summed E-state index contributed by atoms with van der Waals surface area (Å²) < 4.78 is 5.31. The summed E-state index contributed by atoms with van der Waals surface area (Å²) in [6, 6.07) is 7.05. The van der Waals surface area contributed by atoms with Crippen LogP contribution in [-0.4, -0.2) is 34.1 Å². The number of carboxylic acids is 1. The van der Waals surface area contributed by atoms with Crippen LogP contribution in [0, 0.1) is 0 Å². The van der Waals surface area contributed by atoms with Crippen molar-refractivity contribution < 1.29 is 19.4 Å². The maximum Gasteiger partial charge on any atom is 0.316 e. The summed E-state index contributed by atoms with van der Waals surface area (Å²) in [6.07, 6.45) is 0. The third-order valence-corrected chi connectivity index (χ3v) is 3.79. The Kier molecular flexibility index (Phi) is 6.38. The van der Waals surface area contributed by atoms with E-state index in [0.717, 1.165) is 17.5 Å². The minimum atomic E-state index is -0.921. The van der Waals surface area contributed by atoms with Gasteiger partial charge in [0.25, 0.3) is 0 Å². The minimum absolute atomic E-state index is 0.216. The third kappa shape index (κ3) is 5.13. The molecule has 1 aromatic rings. The number of amides is 1. The molecule has 1 aromatic carbocycles. The zero-order chi connectivity index (χ0) is 15.1. The topological polar surface area (TPSA) is 75.6 Å². The van der Waals surface area contributed by atoms with Gasteiger partial charge in [0, 0.05) is 5.69 Å². The molecule has 2 atom stereocenters. The molecule has 1 amide bonds. The van der Waals surface area contributed by atoms with Crippen LogP contribution in [-0.2, 0) is 9.59 Å². The number of anilines is 1. The predicted molar refractivity (Wildman–Crippen MR) is 80.4 cm³/mol. The van der Waals surface area contributed by atoms with Gasteiger partial charge in [0.2, 0.25) is 5.91 Å². The van der Waals surface area contributed by atoms with Gasteiger partial charge >= 0.3 is 5.97 Å². The van der Waals surface area contributed by atoms with E-state index in [1.807, 2.05) is 6.92 Å². The maximum atomic E-state index is 11.9. The quantitative estimate of drug-likeness (QED) is 0.809. The van der Waals surface area contributed by atoms with E-state index in [0.29, 0.717) is 12.3 Å². The lowest BCUT2D eigenvalue weighted by Gasteiger charge is -2.14. The van der Waals surface area contributed by atoms with Crippen LogP contribution in [0.4, 0.5) is 5.69 Å². The van der Waals surface area contributed by atoms with Crippen LogP contribution in [0.25, 0.3) is 0 Å². The highest BCUT2D eigenvalue weighted by Crippen LogP contribution is 2.20. The fourth-order valence-corrected chi connectivity index (χ4v) is 2.38. The summed E-state index contributed by atoms with van der Waals surface area (Å²) in [7, 11) is 0. The zero-order valence-electron chi connectivity index (χ0n) is 11.8. The molecule has 0 heterocycles. The molecular weight excluding hydrogens is 278 g/mol. The minimum Gasteiger partial charge on any atom is -0.494 e. The van der Waals surface area contributed by atoms with Crippen molar-refractivity contribution >= 4 is 29.3 Å². The monoisotopic (exact) mass is 297 g/mol. The summed E-state index contributed by atoms with van der Waals surface area (Å²) >= 11 is 1.11. The first-order valence-electron chi connectivity index (χ1n) is 6.36. The van der Waals surface area contributed by atoms with Crippen LogP contribution in [0.15, 0.2) is 24.3 Å². The Morgan fingerprint density at radius 2 is 1.85 bits per heavy atom. The van der Waals surface area contributed by atoms with E-state index in [1.165, 1.54) is 0 Å². The number of carbonyl (C=O) groups excluding carboxylic acids is 1. The first-order chi connectivity index (χ1) is 9.43. The number of rotatable bonds is 7. The fourth-order valence-electron chi connectivity index (χ4n) is 1.47. The molecule has 0 bridgehead atoms. The van der Waals surface area contributed by atoms with Crippen LogP contribution >= 0.6 is 11.8 Å². The lowest BCUT2D eigenvalue weighted by Crippen LogP contribution is -2.26. The number of carbonyl (C=O) groups is 2. The molecule has 0 aliphatic rings. The van der Waals surface area contributed by atoms with Gasteiger partial charge in [-0.05, 0) is 45.0 Å². The molecule has 2 N–H and O–H groups in total. The molecule has 0 fully saturated rings. The number of hydrogen-bond acceptors (Lipinski definition) is 4. The normalized spacial score (nSPS) is 13.3. The van der Waals surface area contributed by atoms with Crippen molar-refractivity contribution in [3.8, 4) is 5.75 Å². The van der Waals surface area contributed by atoms with Gasteiger partial charge in [-0.2, -0.15) is 0 Å². The highest BCUT2D eigenvalue weighted by molar-refractivity contribution is 8.01. The van der Waals surface area contributed by atoms with E-state index in [2.05, 4.69) is 5.32 Å². The van der Waals surface area contributed by atoms with Crippen LogP contribution in [0.2, 0.25) is 0 Å². The number of thioether (sulfide) groups is 1. The molecule has 0 saturated carbocycles. The third-order valence-electron chi connectivity index (χ3n) is 2.56. The zero-order valence-corrected chi connectivity index (χ0v) is 12.6. The number of aliphatic carboxylic acids is 1. The molecule has 0 aromatic heterocycles. The lowest BCUT2D eigenvalue weighted by molar-refractivity contribution is -0.136. The Balaban J connectivity index is 2.54. The largest absolute Gasteiger partial charge is 0.494 e. The standard InChI is InChI=1S/C14H19NO4S/c1-4-19-12-7-5-11(6-8-12)15-13(16)9(2)20-10(3)14(17)18/h5-10H,4H2,1-3H3,(H,15,16)(H,17,18). The molecule has 20 heavy (non-hydrogen) atoms. The van der Waals surface area contributed by atoms with Gasteiger partial charge in [-0.25, -0.2) is 0 Å². The first kappa shape index (κ1) is 16.4. The number of nitrogens with one attached hydrogen (secondary N) is 1. The van der Waals surface area contributed by atoms with Crippen molar-refractivity contribution in [1.82, 2.24) is 0 Å². The van der Waals surface area contributed by atoms with Crippen molar-refractivity contribution in [1.29, 1.82) is 0 Å². The SMILES string of the molecule is CCOc1ccc(NC(=O)C(C)SC(C)C(=O)O)cc1. The van der Waals surface area contributed by atoms with Gasteiger partial charge in [0.15, 0.2) is 0 Å². The van der Waals surface area contributed by atoms with E-state index in [-0.39, 0.29) is 5.91 Å². The average Bonchev–Trinajstić information content (AvgIpc) is 2.41. The second kappa shape index (κ2) is 7.79. The van der Waals surface area contributed by atoms with Crippen LogP contribution in [0.3, 0.4) is 0 Å².